The van der Waals surface area contributed by atoms with Crippen molar-refractivity contribution in [2.75, 3.05) is 7.05 Å². The highest BCUT2D eigenvalue weighted by Gasteiger charge is 2.23. The van der Waals surface area contributed by atoms with E-state index in [9.17, 15) is 4.79 Å². The number of aromatic nitrogens is 5. The van der Waals surface area contributed by atoms with Gasteiger partial charge >= 0.3 is 0 Å². The summed E-state index contributed by atoms with van der Waals surface area (Å²) in [7, 11) is 1.84. The van der Waals surface area contributed by atoms with Gasteiger partial charge in [0.05, 0.1) is 6.04 Å². The summed E-state index contributed by atoms with van der Waals surface area (Å²) >= 11 is 0. The number of rotatable bonds is 7. The van der Waals surface area contributed by atoms with Crippen LogP contribution in [0.15, 0.2) is 55.5 Å². The van der Waals surface area contributed by atoms with Gasteiger partial charge in [-0.2, -0.15) is 0 Å². The molecule has 0 spiro atoms. The van der Waals surface area contributed by atoms with Gasteiger partial charge in [-0.1, -0.05) is 25.8 Å². The number of pyridine rings is 2. The smallest absolute Gasteiger partial charge is 0.254 e. The highest BCUT2D eigenvalue weighted by molar-refractivity contribution is 5.94. The maximum absolute atomic E-state index is 13.1. The standard InChI is InChI=1S/C19H22N6O/c1-3-4-7-17(16-6-5-9-20-12-16)24(2)19(26)15-8-10-21-18(11-15)25-13-22-23-14-25/h5-6,8-14,17H,3-4,7H2,1-2H3/t17-/m1/s1. The molecule has 3 aromatic rings. The van der Waals surface area contributed by atoms with Crippen LogP contribution in [-0.4, -0.2) is 42.6 Å². The van der Waals surface area contributed by atoms with E-state index in [1.165, 1.54) is 0 Å². The molecule has 0 aliphatic rings. The molecule has 0 aromatic carbocycles. The van der Waals surface area contributed by atoms with Gasteiger partial charge in [0.1, 0.15) is 18.5 Å². The lowest BCUT2D eigenvalue weighted by molar-refractivity contribution is 0.0720. The lowest BCUT2D eigenvalue weighted by atomic mass is 10.0. The fraction of sp³-hybridized carbons (Fsp3) is 0.316. The lowest BCUT2D eigenvalue weighted by Gasteiger charge is -2.28. The Bertz CT molecular complexity index is 834. The third-order valence-electron chi connectivity index (χ3n) is 4.36. The van der Waals surface area contributed by atoms with Crippen LogP contribution in [0.3, 0.4) is 0 Å². The van der Waals surface area contributed by atoms with Gasteiger partial charge in [0.15, 0.2) is 0 Å². The second kappa shape index (κ2) is 8.33. The summed E-state index contributed by atoms with van der Waals surface area (Å²) in [5.74, 6) is 0.562. The highest BCUT2D eigenvalue weighted by Crippen LogP contribution is 2.26. The number of carbonyl (C=O) groups excluding carboxylic acids is 1. The van der Waals surface area contributed by atoms with Crippen LogP contribution < -0.4 is 0 Å². The predicted molar refractivity (Wildman–Crippen MR) is 97.8 cm³/mol. The zero-order chi connectivity index (χ0) is 18.4. The molecule has 0 aliphatic heterocycles. The normalized spacial score (nSPS) is 11.9. The first-order valence-electron chi connectivity index (χ1n) is 8.69. The molecule has 1 amide bonds. The van der Waals surface area contributed by atoms with Crippen molar-refractivity contribution < 1.29 is 4.79 Å². The molecular weight excluding hydrogens is 328 g/mol. The Labute approximate surface area is 152 Å². The van der Waals surface area contributed by atoms with Crippen LogP contribution in [0.25, 0.3) is 5.82 Å². The Hall–Kier alpha value is -3.09. The topological polar surface area (TPSA) is 76.8 Å². The van der Waals surface area contributed by atoms with Gasteiger partial charge in [0.25, 0.3) is 5.91 Å². The first-order valence-corrected chi connectivity index (χ1v) is 8.69. The predicted octanol–water partition coefficient (Wildman–Crippen LogP) is 3.06. The summed E-state index contributed by atoms with van der Waals surface area (Å²) in [6, 6.07) is 7.40. The number of nitrogens with zero attached hydrogens (tertiary/aromatic N) is 6. The van der Waals surface area contributed by atoms with Gasteiger partial charge in [-0.15, -0.1) is 10.2 Å². The first-order chi connectivity index (χ1) is 12.7. The van der Waals surface area contributed by atoms with Crippen molar-refractivity contribution in [3.8, 4) is 5.82 Å². The van der Waals surface area contributed by atoms with E-state index in [-0.39, 0.29) is 11.9 Å². The van der Waals surface area contributed by atoms with Crippen molar-refractivity contribution in [3.05, 3.63) is 66.6 Å². The molecule has 3 aromatic heterocycles. The lowest BCUT2D eigenvalue weighted by Crippen LogP contribution is -2.31. The molecule has 0 bridgehead atoms. The number of carbonyl (C=O) groups is 1. The second-order valence-electron chi connectivity index (χ2n) is 6.13. The van der Waals surface area contributed by atoms with E-state index in [1.807, 2.05) is 25.4 Å². The largest absolute Gasteiger partial charge is 0.335 e. The van der Waals surface area contributed by atoms with Gasteiger partial charge in [0, 0.05) is 31.2 Å². The van der Waals surface area contributed by atoms with Crippen LogP contribution in [0.2, 0.25) is 0 Å². The van der Waals surface area contributed by atoms with Gasteiger partial charge < -0.3 is 4.90 Å². The molecule has 0 N–H and O–H groups in total. The first kappa shape index (κ1) is 17.7. The van der Waals surface area contributed by atoms with E-state index in [1.54, 1.807) is 46.6 Å². The van der Waals surface area contributed by atoms with Gasteiger partial charge in [0.2, 0.25) is 0 Å². The van der Waals surface area contributed by atoms with Crippen molar-refractivity contribution in [2.24, 2.45) is 0 Å². The van der Waals surface area contributed by atoms with E-state index in [2.05, 4.69) is 27.1 Å². The molecule has 0 unspecified atom stereocenters. The Kier molecular flexibility index (Phi) is 5.68. The van der Waals surface area contributed by atoms with Crippen LogP contribution in [0.4, 0.5) is 0 Å². The molecular formula is C19H22N6O. The van der Waals surface area contributed by atoms with Crippen molar-refractivity contribution in [1.82, 2.24) is 29.6 Å². The minimum atomic E-state index is -0.0494. The molecule has 0 fully saturated rings. The molecule has 0 saturated heterocycles. The molecule has 3 heterocycles. The molecule has 7 heteroatoms. The molecule has 26 heavy (non-hydrogen) atoms. The van der Waals surface area contributed by atoms with Crippen molar-refractivity contribution in [1.29, 1.82) is 0 Å². The number of hydrogen-bond donors (Lipinski definition) is 0. The summed E-state index contributed by atoms with van der Waals surface area (Å²) in [5.41, 5.74) is 1.63. The van der Waals surface area contributed by atoms with Crippen LogP contribution >= 0.6 is 0 Å². The monoisotopic (exact) mass is 350 g/mol. The maximum Gasteiger partial charge on any atom is 0.254 e. The summed E-state index contributed by atoms with van der Waals surface area (Å²) < 4.78 is 1.67. The maximum atomic E-state index is 13.1. The molecule has 7 nitrogen and oxygen atoms in total. The van der Waals surface area contributed by atoms with Crippen LogP contribution in [0.1, 0.15) is 48.1 Å². The van der Waals surface area contributed by atoms with Crippen LogP contribution in [0.5, 0.6) is 0 Å². The molecule has 0 saturated carbocycles. The molecule has 1 atom stereocenters. The number of unbranched alkanes of at least 4 members (excludes halogenated alkanes) is 1. The van der Waals surface area contributed by atoms with Gasteiger partial charge in [-0.25, -0.2) is 4.98 Å². The van der Waals surface area contributed by atoms with E-state index >= 15 is 0 Å². The van der Waals surface area contributed by atoms with Crippen LogP contribution in [0, 0.1) is 0 Å². The summed E-state index contributed by atoms with van der Waals surface area (Å²) in [5, 5.41) is 7.56. The van der Waals surface area contributed by atoms with E-state index in [0.717, 1.165) is 24.8 Å². The third-order valence-corrected chi connectivity index (χ3v) is 4.36. The third kappa shape index (κ3) is 3.93. The number of hydrogen-bond acceptors (Lipinski definition) is 5. The quantitative estimate of drug-likeness (QED) is 0.654. The minimum Gasteiger partial charge on any atom is -0.335 e. The van der Waals surface area contributed by atoms with Crippen molar-refractivity contribution >= 4 is 5.91 Å². The summed E-state index contributed by atoms with van der Waals surface area (Å²) in [6.45, 7) is 2.15. The Morgan fingerprint density at radius 3 is 2.73 bits per heavy atom. The van der Waals surface area contributed by atoms with E-state index in [0.29, 0.717) is 11.4 Å². The van der Waals surface area contributed by atoms with E-state index < -0.39 is 0 Å². The number of amides is 1. The summed E-state index contributed by atoms with van der Waals surface area (Å²) in [4.78, 5) is 23.4. The van der Waals surface area contributed by atoms with Crippen LogP contribution in [-0.2, 0) is 0 Å². The summed E-state index contributed by atoms with van der Waals surface area (Å²) in [6.07, 6.45) is 11.3. The van der Waals surface area contributed by atoms with Crippen molar-refractivity contribution in [2.45, 2.75) is 32.2 Å². The van der Waals surface area contributed by atoms with Gasteiger partial charge in [-0.05, 0) is 30.2 Å². The Balaban J connectivity index is 1.86. The zero-order valence-corrected chi connectivity index (χ0v) is 15.0. The zero-order valence-electron chi connectivity index (χ0n) is 15.0. The van der Waals surface area contributed by atoms with Gasteiger partial charge in [-0.3, -0.25) is 14.3 Å². The highest BCUT2D eigenvalue weighted by atomic mass is 16.2. The Morgan fingerprint density at radius 1 is 1.23 bits per heavy atom. The molecule has 134 valence electrons. The fourth-order valence-corrected chi connectivity index (χ4v) is 2.91. The Morgan fingerprint density at radius 2 is 2.04 bits per heavy atom. The molecule has 3 rings (SSSR count). The average Bonchev–Trinajstić information content (AvgIpc) is 3.23. The van der Waals surface area contributed by atoms with E-state index in [4.69, 9.17) is 0 Å². The minimum absolute atomic E-state index is 0.0114. The SMILES string of the molecule is CCCC[C@H](c1cccnc1)N(C)C(=O)c1ccnc(-n2cnnc2)c1. The van der Waals surface area contributed by atoms with Crippen molar-refractivity contribution in [3.63, 3.8) is 0 Å². The molecule has 0 radical (unpaired) electrons. The second-order valence-corrected chi connectivity index (χ2v) is 6.13. The fourth-order valence-electron chi connectivity index (χ4n) is 2.91. The molecule has 0 aliphatic carbocycles. The average molecular weight is 350 g/mol.